The fraction of sp³-hybridized carbons (Fsp3) is 0.611. The highest BCUT2D eigenvalue weighted by Crippen LogP contribution is 2.17. The van der Waals surface area contributed by atoms with Gasteiger partial charge in [0, 0.05) is 26.2 Å². The number of piperazine rings is 1. The summed E-state index contributed by atoms with van der Waals surface area (Å²) in [5, 5.41) is 19.9. The van der Waals surface area contributed by atoms with Crippen LogP contribution in [0.15, 0.2) is 30.3 Å². The van der Waals surface area contributed by atoms with Crippen molar-refractivity contribution < 1.29 is 24.5 Å². The number of carbonyl (C=O) groups is 1. The number of ether oxygens (including phenoxy) is 2. The third kappa shape index (κ3) is 4.70. The maximum absolute atomic E-state index is 12.3. The fourth-order valence-electron chi connectivity index (χ4n) is 3.32. The molecular weight excluding hydrogens is 324 g/mol. The summed E-state index contributed by atoms with van der Waals surface area (Å²) in [5.41, 5.74) is 0. The third-order valence-electron chi connectivity index (χ3n) is 4.83. The van der Waals surface area contributed by atoms with Crippen molar-refractivity contribution in [2.75, 3.05) is 46.0 Å². The molecule has 3 atom stereocenters. The van der Waals surface area contributed by atoms with Crippen LogP contribution in [0, 0.1) is 0 Å². The van der Waals surface area contributed by atoms with E-state index in [1.807, 2.05) is 35.2 Å². The Kier molecular flexibility index (Phi) is 6.25. The minimum atomic E-state index is -0.839. The van der Waals surface area contributed by atoms with Gasteiger partial charge in [-0.1, -0.05) is 18.2 Å². The van der Waals surface area contributed by atoms with Crippen LogP contribution in [0.2, 0.25) is 0 Å². The molecule has 1 aromatic rings. The maximum atomic E-state index is 12.3. The molecule has 7 nitrogen and oxygen atoms in total. The summed E-state index contributed by atoms with van der Waals surface area (Å²) in [5.74, 6) is 0.848. The average molecular weight is 350 g/mol. The molecule has 0 aromatic heterocycles. The van der Waals surface area contributed by atoms with Crippen LogP contribution in [0.3, 0.4) is 0 Å². The highest BCUT2D eigenvalue weighted by Gasteiger charge is 2.36. The quantitative estimate of drug-likeness (QED) is 0.760. The SMILES string of the molecule is O=C(CCOc1ccccc1)N1CCN([C@@H]2COC[C@@H](O)[C@H]2O)CC1. The van der Waals surface area contributed by atoms with E-state index < -0.39 is 12.2 Å². The number of aliphatic hydroxyl groups excluding tert-OH is 2. The minimum absolute atomic E-state index is 0.0797. The number of aliphatic hydroxyl groups is 2. The topological polar surface area (TPSA) is 82.5 Å². The van der Waals surface area contributed by atoms with Crippen molar-refractivity contribution in [3.8, 4) is 5.75 Å². The fourth-order valence-corrected chi connectivity index (χ4v) is 3.32. The molecule has 2 aliphatic heterocycles. The molecule has 2 saturated heterocycles. The van der Waals surface area contributed by atoms with Gasteiger partial charge in [0.15, 0.2) is 0 Å². The molecule has 2 fully saturated rings. The normalized spacial score (nSPS) is 27.9. The number of benzene rings is 1. The lowest BCUT2D eigenvalue weighted by atomic mass is 10.0. The number of amides is 1. The van der Waals surface area contributed by atoms with Gasteiger partial charge in [-0.15, -0.1) is 0 Å². The molecule has 2 heterocycles. The Morgan fingerprint density at radius 3 is 2.56 bits per heavy atom. The number of hydrogen-bond donors (Lipinski definition) is 2. The molecule has 0 unspecified atom stereocenters. The van der Waals surface area contributed by atoms with Gasteiger partial charge < -0.3 is 24.6 Å². The van der Waals surface area contributed by atoms with E-state index in [1.165, 1.54) is 0 Å². The van der Waals surface area contributed by atoms with Crippen LogP contribution in [0.25, 0.3) is 0 Å². The van der Waals surface area contributed by atoms with Gasteiger partial charge >= 0.3 is 0 Å². The van der Waals surface area contributed by atoms with E-state index in [1.54, 1.807) is 0 Å². The standard InChI is InChI=1S/C18H26N2O5/c21-16-13-24-12-15(18(16)23)19-7-9-20(10-8-19)17(22)6-11-25-14-4-2-1-3-5-14/h1-5,15-16,18,21,23H,6-13H2/t15-,16-,18+/m1/s1. The van der Waals surface area contributed by atoms with Gasteiger partial charge in [0.2, 0.25) is 5.91 Å². The lowest BCUT2D eigenvalue weighted by Gasteiger charge is -2.43. The molecular formula is C18H26N2O5. The first kappa shape index (κ1) is 18.1. The Morgan fingerprint density at radius 1 is 1.12 bits per heavy atom. The molecule has 1 amide bonds. The van der Waals surface area contributed by atoms with Crippen molar-refractivity contribution in [1.82, 2.24) is 9.80 Å². The van der Waals surface area contributed by atoms with Crippen LogP contribution >= 0.6 is 0 Å². The van der Waals surface area contributed by atoms with Gasteiger partial charge in [0.1, 0.15) is 11.9 Å². The first-order valence-corrected chi connectivity index (χ1v) is 8.78. The first-order valence-electron chi connectivity index (χ1n) is 8.78. The second-order valence-electron chi connectivity index (χ2n) is 6.49. The van der Waals surface area contributed by atoms with Crippen LogP contribution < -0.4 is 4.74 Å². The molecule has 2 N–H and O–H groups in total. The van der Waals surface area contributed by atoms with E-state index in [0.717, 1.165) is 5.75 Å². The molecule has 3 rings (SSSR count). The average Bonchev–Trinajstić information content (AvgIpc) is 2.65. The van der Waals surface area contributed by atoms with Crippen molar-refractivity contribution in [2.45, 2.75) is 24.7 Å². The summed E-state index contributed by atoms with van der Waals surface area (Å²) in [7, 11) is 0. The highest BCUT2D eigenvalue weighted by atomic mass is 16.5. The second-order valence-corrected chi connectivity index (χ2v) is 6.49. The van der Waals surface area contributed by atoms with Gasteiger partial charge in [-0.2, -0.15) is 0 Å². The van der Waals surface area contributed by atoms with E-state index in [2.05, 4.69) is 4.90 Å². The van der Waals surface area contributed by atoms with E-state index >= 15 is 0 Å². The van der Waals surface area contributed by atoms with E-state index in [0.29, 0.717) is 45.8 Å². The second kappa shape index (κ2) is 8.62. The first-order chi connectivity index (χ1) is 12.1. The van der Waals surface area contributed by atoms with Gasteiger partial charge in [0.05, 0.1) is 38.4 Å². The molecule has 2 aliphatic rings. The minimum Gasteiger partial charge on any atom is -0.493 e. The molecule has 25 heavy (non-hydrogen) atoms. The van der Waals surface area contributed by atoms with Crippen LogP contribution in [0.1, 0.15) is 6.42 Å². The monoisotopic (exact) mass is 350 g/mol. The Balaban J connectivity index is 1.40. The van der Waals surface area contributed by atoms with E-state index in [4.69, 9.17) is 9.47 Å². The largest absolute Gasteiger partial charge is 0.493 e. The van der Waals surface area contributed by atoms with E-state index in [9.17, 15) is 15.0 Å². The van der Waals surface area contributed by atoms with Gasteiger partial charge in [0.25, 0.3) is 0 Å². The molecule has 0 bridgehead atoms. The molecule has 0 spiro atoms. The van der Waals surface area contributed by atoms with Crippen molar-refractivity contribution in [3.05, 3.63) is 30.3 Å². The van der Waals surface area contributed by atoms with Crippen molar-refractivity contribution >= 4 is 5.91 Å². The summed E-state index contributed by atoms with van der Waals surface area (Å²) >= 11 is 0. The lowest BCUT2D eigenvalue weighted by molar-refractivity contribution is -0.145. The smallest absolute Gasteiger partial charge is 0.226 e. The predicted octanol–water partition coefficient (Wildman–Crippen LogP) is -0.280. The Morgan fingerprint density at radius 2 is 1.84 bits per heavy atom. The van der Waals surface area contributed by atoms with Crippen molar-refractivity contribution in [3.63, 3.8) is 0 Å². The zero-order chi connectivity index (χ0) is 17.6. The van der Waals surface area contributed by atoms with Crippen LogP contribution in [0.5, 0.6) is 5.75 Å². The van der Waals surface area contributed by atoms with Crippen molar-refractivity contribution in [2.24, 2.45) is 0 Å². The molecule has 0 aliphatic carbocycles. The zero-order valence-electron chi connectivity index (χ0n) is 14.3. The number of carbonyl (C=O) groups excluding carboxylic acids is 1. The summed E-state index contributed by atoms with van der Waals surface area (Å²) in [6.45, 7) is 3.53. The lowest BCUT2D eigenvalue weighted by Crippen LogP contribution is -2.60. The highest BCUT2D eigenvalue weighted by molar-refractivity contribution is 5.76. The van der Waals surface area contributed by atoms with Gasteiger partial charge in [-0.05, 0) is 12.1 Å². The molecule has 1 aromatic carbocycles. The molecule has 0 radical (unpaired) electrons. The Bertz CT molecular complexity index is 548. The summed E-state index contributed by atoms with van der Waals surface area (Å²) in [4.78, 5) is 16.2. The third-order valence-corrected chi connectivity index (χ3v) is 4.83. The number of para-hydroxylation sites is 1. The Labute approximate surface area is 147 Å². The summed E-state index contributed by atoms with van der Waals surface area (Å²) in [6.07, 6.45) is -1.29. The van der Waals surface area contributed by atoms with Crippen LogP contribution in [-0.4, -0.2) is 90.2 Å². The number of rotatable bonds is 5. The number of hydrogen-bond acceptors (Lipinski definition) is 6. The summed E-state index contributed by atoms with van der Waals surface area (Å²) in [6, 6.07) is 9.25. The zero-order valence-corrected chi connectivity index (χ0v) is 14.3. The van der Waals surface area contributed by atoms with Crippen LogP contribution in [0.4, 0.5) is 0 Å². The summed E-state index contributed by atoms with van der Waals surface area (Å²) < 4.78 is 10.9. The van der Waals surface area contributed by atoms with Crippen LogP contribution in [-0.2, 0) is 9.53 Å². The van der Waals surface area contributed by atoms with Crippen molar-refractivity contribution in [1.29, 1.82) is 0 Å². The van der Waals surface area contributed by atoms with Gasteiger partial charge in [-0.3, -0.25) is 9.69 Å². The molecule has 138 valence electrons. The van der Waals surface area contributed by atoms with E-state index in [-0.39, 0.29) is 18.6 Å². The molecule has 0 saturated carbocycles. The maximum Gasteiger partial charge on any atom is 0.226 e. The van der Waals surface area contributed by atoms with Gasteiger partial charge in [-0.25, -0.2) is 0 Å². The predicted molar refractivity (Wildman–Crippen MR) is 91.3 cm³/mol. The Hall–Kier alpha value is -1.67. The molecule has 7 heteroatoms. The number of nitrogens with zero attached hydrogens (tertiary/aromatic N) is 2.